The van der Waals surface area contributed by atoms with Crippen LogP contribution in [0.25, 0.3) is 0 Å². The summed E-state index contributed by atoms with van der Waals surface area (Å²) in [6, 6.07) is 0. The molecule has 4 heteroatoms. The molecule has 27 heavy (non-hydrogen) atoms. The number of hydroxylamine groups is 1. The summed E-state index contributed by atoms with van der Waals surface area (Å²) in [6.07, 6.45) is 11.8. The highest BCUT2D eigenvalue weighted by atomic mass is 16.5. The van der Waals surface area contributed by atoms with Crippen LogP contribution in [0.2, 0.25) is 0 Å². The van der Waals surface area contributed by atoms with Crippen molar-refractivity contribution in [3.05, 3.63) is 11.6 Å². The number of hydrogen-bond donors (Lipinski definition) is 4. The van der Waals surface area contributed by atoms with E-state index in [1.807, 2.05) is 0 Å². The summed E-state index contributed by atoms with van der Waals surface area (Å²) in [4.78, 5) is 0. The molecule has 0 aliphatic heterocycles. The van der Waals surface area contributed by atoms with E-state index in [-0.39, 0.29) is 11.5 Å². The highest BCUT2D eigenvalue weighted by Crippen LogP contribution is 2.69. The van der Waals surface area contributed by atoms with E-state index in [4.69, 9.17) is 5.21 Å². The lowest BCUT2D eigenvalue weighted by Crippen LogP contribution is -2.62. The van der Waals surface area contributed by atoms with Crippen LogP contribution in [0, 0.1) is 34.5 Å². The van der Waals surface area contributed by atoms with Crippen LogP contribution in [0.3, 0.4) is 0 Å². The predicted molar refractivity (Wildman–Crippen MR) is 106 cm³/mol. The molecule has 0 bridgehead atoms. The average molecular weight is 378 g/mol. The van der Waals surface area contributed by atoms with Gasteiger partial charge in [0.05, 0.1) is 11.7 Å². The van der Waals surface area contributed by atoms with Gasteiger partial charge in [-0.1, -0.05) is 25.5 Å². The molecule has 0 spiro atoms. The third kappa shape index (κ3) is 2.86. The van der Waals surface area contributed by atoms with Crippen molar-refractivity contribution in [3.63, 3.8) is 0 Å². The van der Waals surface area contributed by atoms with E-state index >= 15 is 0 Å². The van der Waals surface area contributed by atoms with Gasteiger partial charge in [0.2, 0.25) is 0 Å². The molecular formula is C23H39NO3. The van der Waals surface area contributed by atoms with Crippen LogP contribution in [0.4, 0.5) is 0 Å². The summed E-state index contributed by atoms with van der Waals surface area (Å²) in [7, 11) is 0. The molecule has 4 N–H and O–H groups in total. The number of aliphatic hydroxyl groups excluding tert-OH is 1. The first-order chi connectivity index (χ1) is 12.7. The molecule has 4 aliphatic rings. The summed E-state index contributed by atoms with van der Waals surface area (Å²) >= 11 is 0. The molecule has 0 unspecified atom stereocenters. The molecule has 0 radical (unpaired) electrons. The van der Waals surface area contributed by atoms with Crippen molar-refractivity contribution < 1.29 is 15.4 Å². The molecule has 4 rings (SSSR count). The minimum absolute atomic E-state index is 0.0533. The largest absolute Gasteiger partial charge is 0.393 e. The van der Waals surface area contributed by atoms with Crippen LogP contribution in [0.1, 0.15) is 78.6 Å². The molecule has 0 heterocycles. The van der Waals surface area contributed by atoms with Gasteiger partial charge in [-0.05, 0) is 93.8 Å². The Bertz CT molecular complexity index is 606. The number of fused-ring (bicyclic) bond motifs is 5. The van der Waals surface area contributed by atoms with E-state index in [1.165, 1.54) is 12.8 Å². The third-order valence-corrected chi connectivity index (χ3v) is 9.74. The second kappa shape index (κ2) is 6.83. The van der Waals surface area contributed by atoms with Gasteiger partial charge in [-0.3, -0.25) is 0 Å². The fourth-order valence-electron chi connectivity index (χ4n) is 8.04. The van der Waals surface area contributed by atoms with Crippen molar-refractivity contribution in [1.82, 2.24) is 5.48 Å². The van der Waals surface area contributed by atoms with E-state index in [2.05, 4.69) is 32.3 Å². The fourth-order valence-corrected chi connectivity index (χ4v) is 8.04. The number of allylic oxidation sites excluding steroid dienone is 1. The SMILES string of the molecule is C/C(=C\[C@H]1CC[C@]2(O)[C@@H]3CC[C@@H]4C[C@@H](O)CC[C@]4(C)[C@H]3CC[C@]12C)CNO. The number of aliphatic hydroxyl groups is 2. The van der Waals surface area contributed by atoms with Crippen molar-refractivity contribution in [2.24, 2.45) is 34.5 Å². The van der Waals surface area contributed by atoms with Crippen molar-refractivity contribution in [2.75, 3.05) is 6.54 Å². The molecule has 0 aromatic heterocycles. The molecule has 0 aromatic rings. The lowest BCUT2D eigenvalue weighted by Gasteiger charge is -2.63. The lowest BCUT2D eigenvalue weighted by atomic mass is 9.43. The van der Waals surface area contributed by atoms with E-state index < -0.39 is 5.60 Å². The molecule has 0 saturated heterocycles. The maximum absolute atomic E-state index is 12.1. The van der Waals surface area contributed by atoms with Crippen molar-refractivity contribution in [2.45, 2.75) is 90.3 Å². The zero-order valence-electron chi connectivity index (χ0n) is 17.4. The Morgan fingerprint density at radius 3 is 2.56 bits per heavy atom. The average Bonchev–Trinajstić information content (AvgIpc) is 2.88. The number of hydrogen-bond acceptors (Lipinski definition) is 4. The summed E-state index contributed by atoms with van der Waals surface area (Å²) in [5.74, 6) is 2.04. The monoisotopic (exact) mass is 377 g/mol. The fraction of sp³-hybridized carbons (Fsp3) is 0.913. The first kappa shape index (κ1) is 19.9. The van der Waals surface area contributed by atoms with Crippen LogP contribution < -0.4 is 5.48 Å². The molecule has 8 atom stereocenters. The van der Waals surface area contributed by atoms with Gasteiger partial charge in [-0.2, -0.15) is 0 Å². The van der Waals surface area contributed by atoms with E-state index in [0.717, 1.165) is 50.5 Å². The Balaban J connectivity index is 1.61. The van der Waals surface area contributed by atoms with Crippen molar-refractivity contribution in [1.29, 1.82) is 0 Å². The highest BCUT2D eigenvalue weighted by molar-refractivity contribution is 5.21. The molecule has 4 aliphatic carbocycles. The van der Waals surface area contributed by atoms with Crippen LogP contribution in [0.5, 0.6) is 0 Å². The molecule has 154 valence electrons. The zero-order chi connectivity index (χ0) is 19.4. The number of nitrogens with one attached hydrogen (secondary N) is 1. The summed E-state index contributed by atoms with van der Waals surface area (Å²) in [6.45, 7) is 7.36. The van der Waals surface area contributed by atoms with Crippen molar-refractivity contribution >= 4 is 0 Å². The topological polar surface area (TPSA) is 72.7 Å². The Kier molecular flexibility index (Phi) is 5.03. The smallest absolute Gasteiger partial charge is 0.0737 e. The summed E-state index contributed by atoms with van der Waals surface area (Å²) < 4.78 is 0. The van der Waals surface area contributed by atoms with Crippen LogP contribution in [-0.4, -0.2) is 33.7 Å². The van der Waals surface area contributed by atoms with Gasteiger partial charge < -0.3 is 15.4 Å². The highest BCUT2D eigenvalue weighted by Gasteiger charge is 2.66. The Hall–Kier alpha value is -0.420. The Morgan fingerprint density at radius 2 is 1.81 bits per heavy atom. The van der Waals surface area contributed by atoms with Crippen LogP contribution in [0.15, 0.2) is 11.6 Å². The van der Waals surface area contributed by atoms with Gasteiger partial charge >= 0.3 is 0 Å². The zero-order valence-corrected chi connectivity index (χ0v) is 17.4. The second-order valence-electron chi connectivity index (χ2n) is 10.8. The molecule has 4 fully saturated rings. The molecule has 0 aromatic carbocycles. The van der Waals surface area contributed by atoms with E-state index in [0.29, 0.717) is 35.6 Å². The first-order valence-electron chi connectivity index (χ1n) is 11.2. The minimum atomic E-state index is -0.561. The normalized spacial score (nSPS) is 52.8. The molecule has 0 amide bonds. The minimum Gasteiger partial charge on any atom is -0.393 e. The standard InChI is InChI=1S/C23H39NO3/c1-15(14-24-27)12-17-6-11-23(26)20-5-4-16-13-18(25)7-9-21(16,2)19(20)8-10-22(17,23)3/h12,16-20,24-27H,4-11,13-14H2,1-3H3/b15-12+/t16-,17-,18+,19+,20-,21+,22-,23+/m1/s1. The quantitative estimate of drug-likeness (QED) is 0.442. The van der Waals surface area contributed by atoms with Gasteiger partial charge in [0.1, 0.15) is 0 Å². The predicted octanol–water partition coefficient (Wildman–Crippen LogP) is 4.05. The molecule has 4 saturated carbocycles. The Labute approximate surface area is 164 Å². The van der Waals surface area contributed by atoms with Gasteiger partial charge in [0.15, 0.2) is 0 Å². The Morgan fingerprint density at radius 1 is 1.04 bits per heavy atom. The number of rotatable bonds is 3. The molecular weight excluding hydrogens is 338 g/mol. The van der Waals surface area contributed by atoms with Gasteiger partial charge in [0.25, 0.3) is 0 Å². The van der Waals surface area contributed by atoms with Gasteiger partial charge in [-0.25, -0.2) is 5.48 Å². The maximum atomic E-state index is 12.1. The molecule has 4 nitrogen and oxygen atoms in total. The van der Waals surface area contributed by atoms with E-state index in [1.54, 1.807) is 0 Å². The lowest BCUT2D eigenvalue weighted by molar-refractivity contribution is -0.207. The second-order valence-corrected chi connectivity index (χ2v) is 10.8. The van der Waals surface area contributed by atoms with E-state index in [9.17, 15) is 10.2 Å². The van der Waals surface area contributed by atoms with Crippen LogP contribution in [-0.2, 0) is 0 Å². The summed E-state index contributed by atoms with van der Waals surface area (Å²) in [5, 5.41) is 31.3. The first-order valence-corrected chi connectivity index (χ1v) is 11.2. The summed E-state index contributed by atoms with van der Waals surface area (Å²) in [5.41, 5.74) is 3.11. The third-order valence-electron chi connectivity index (χ3n) is 9.74. The van der Waals surface area contributed by atoms with Gasteiger partial charge in [-0.15, -0.1) is 0 Å². The van der Waals surface area contributed by atoms with Gasteiger partial charge in [0, 0.05) is 12.0 Å². The van der Waals surface area contributed by atoms with Crippen LogP contribution >= 0.6 is 0 Å². The maximum Gasteiger partial charge on any atom is 0.0737 e. The van der Waals surface area contributed by atoms with Crippen molar-refractivity contribution in [3.8, 4) is 0 Å².